The standard InChI is InChI=1S/C10H18O3/c1-4-6-8-10(12-3)9(11)7(5-2)13-8/h4,7-11H,1,5-6H2,2-3H3. The summed E-state index contributed by atoms with van der Waals surface area (Å²) in [7, 11) is 1.60. The van der Waals surface area contributed by atoms with E-state index in [0.717, 1.165) is 12.8 Å². The highest BCUT2D eigenvalue weighted by atomic mass is 16.6. The smallest absolute Gasteiger partial charge is 0.112 e. The molecule has 1 aliphatic rings. The van der Waals surface area contributed by atoms with Crippen LogP contribution in [0.15, 0.2) is 12.7 Å². The summed E-state index contributed by atoms with van der Waals surface area (Å²) in [6.07, 6.45) is 2.50. The van der Waals surface area contributed by atoms with Gasteiger partial charge >= 0.3 is 0 Å². The molecule has 4 atom stereocenters. The molecule has 0 aliphatic carbocycles. The van der Waals surface area contributed by atoms with E-state index in [1.54, 1.807) is 13.2 Å². The monoisotopic (exact) mass is 186 g/mol. The van der Waals surface area contributed by atoms with Crippen LogP contribution in [0.4, 0.5) is 0 Å². The van der Waals surface area contributed by atoms with Gasteiger partial charge in [0.25, 0.3) is 0 Å². The molecule has 1 fully saturated rings. The second-order valence-electron chi connectivity index (χ2n) is 3.34. The zero-order chi connectivity index (χ0) is 9.84. The number of rotatable bonds is 4. The largest absolute Gasteiger partial charge is 0.388 e. The highest BCUT2D eigenvalue weighted by Crippen LogP contribution is 2.27. The minimum Gasteiger partial charge on any atom is -0.388 e. The number of aliphatic hydroxyl groups excluding tert-OH is 1. The highest BCUT2D eigenvalue weighted by molar-refractivity contribution is 4.93. The Kier molecular flexibility index (Phi) is 3.90. The molecule has 0 spiro atoms. The molecule has 13 heavy (non-hydrogen) atoms. The van der Waals surface area contributed by atoms with E-state index in [1.807, 2.05) is 6.92 Å². The average molecular weight is 186 g/mol. The highest BCUT2D eigenvalue weighted by Gasteiger charge is 2.41. The molecule has 1 N–H and O–H groups in total. The molecule has 1 rings (SSSR count). The van der Waals surface area contributed by atoms with Crippen LogP contribution >= 0.6 is 0 Å². The van der Waals surface area contributed by atoms with Gasteiger partial charge in [0.1, 0.15) is 12.2 Å². The van der Waals surface area contributed by atoms with Crippen molar-refractivity contribution in [2.75, 3.05) is 7.11 Å². The molecule has 4 unspecified atom stereocenters. The molecular formula is C10H18O3. The summed E-state index contributed by atoms with van der Waals surface area (Å²) in [5, 5.41) is 9.76. The van der Waals surface area contributed by atoms with E-state index in [1.165, 1.54) is 0 Å². The van der Waals surface area contributed by atoms with Gasteiger partial charge in [-0.1, -0.05) is 13.0 Å². The number of aliphatic hydroxyl groups is 1. The lowest BCUT2D eigenvalue weighted by atomic mass is 10.0. The van der Waals surface area contributed by atoms with Crippen molar-refractivity contribution in [1.82, 2.24) is 0 Å². The van der Waals surface area contributed by atoms with Crippen LogP contribution in [-0.2, 0) is 9.47 Å². The SMILES string of the molecule is C=CCC1OC(CC)C(O)C1OC. The summed E-state index contributed by atoms with van der Waals surface area (Å²) >= 11 is 0. The summed E-state index contributed by atoms with van der Waals surface area (Å²) in [6, 6.07) is 0. The van der Waals surface area contributed by atoms with Crippen molar-refractivity contribution in [1.29, 1.82) is 0 Å². The molecule has 76 valence electrons. The summed E-state index contributed by atoms with van der Waals surface area (Å²) in [4.78, 5) is 0. The van der Waals surface area contributed by atoms with E-state index in [2.05, 4.69) is 6.58 Å². The first-order chi connectivity index (χ1) is 6.24. The Hall–Kier alpha value is -0.380. The molecule has 0 aromatic heterocycles. The molecule has 0 saturated carbocycles. The fourth-order valence-corrected chi connectivity index (χ4v) is 1.80. The van der Waals surface area contributed by atoms with Gasteiger partial charge in [-0.3, -0.25) is 0 Å². The normalized spacial score (nSPS) is 39.3. The molecule has 0 amide bonds. The van der Waals surface area contributed by atoms with E-state index in [9.17, 15) is 5.11 Å². The Balaban J connectivity index is 2.60. The minimum absolute atomic E-state index is 0.0394. The molecule has 3 nitrogen and oxygen atoms in total. The topological polar surface area (TPSA) is 38.7 Å². The lowest BCUT2D eigenvalue weighted by molar-refractivity contribution is -0.00921. The van der Waals surface area contributed by atoms with Gasteiger partial charge < -0.3 is 14.6 Å². The Bertz CT molecular complexity index is 170. The van der Waals surface area contributed by atoms with Crippen molar-refractivity contribution >= 4 is 0 Å². The number of hydrogen-bond acceptors (Lipinski definition) is 3. The maximum Gasteiger partial charge on any atom is 0.112 e. The van der Waals surface area contributed by atoms with Crippen LogP contribution in [-0.4, -0.2) is 36.6 Å². The third kappa shape index (κ3) is 2.10. The molecule has 3 heteroatoms. The first kappa shape index (κ1) is 10.7. The summed E-state index contributed by atoms with van der Waals surface area (Å²) in [5.41, 5.74) is 0. The third-order valence-corrected chi connectivity index (χ3v) is 2.51. The van der Waals surface area contributed by atoms with Crippen molar-refractivity contribution in [2.24, 2.45) is 0 Å². The lowest BCUT2D eigenvalue weighted by Crippen LogP contribution is -2.33. The van der Waals surface area contributed by atoms with Crippen molar-refractivity contribution in [3.8, 4) is 0 Å². The predicted octanol–water partition coefficient (Wildman–Crippen LogP) is 1.12. The van der Waals surface area contributed by atoms with Crippen molar-refractivity contribution in [3.63, 3.8) is 0 Å². The molecular weight excluding hydrogens is 168 g/mol. The Morgan fingerprint density at radius 2 is 2.23 bits per heavy atom. The van der Waals surface area contributed by atoms with E-state index in [4.69, 9.17) is 9.47 Å². The van der Waals surface area contributed by atoms with Gasteiger partial charge in [-0.25, -0.2) is 0 Å². The van der Waals surface area contributed by atoms with E-state index >= 15 is 0 Å². The molecule has 0 aromatic carbocycles. The van der Waals surface area contributed by atoms with Crippen LogP contribution < -0.4 is 0 Å². The van der Waals surface area contributed by atoms with Gasteiger partial charge in [0, 0.05) is 7.11 Å². The second-order valence-corrected chi connectivity index (χ2v) is 3.34. The van der Waals surface area contributed by atoms with Crippen LogP contribution in [0.5, 0.6) is 0 Å². The van der Waals surface area contributed by atoms with Gasteiger partial charge in [-0.05, 0) is 12.8 Å². The van der Waals surface area contributed by atoms with Crippen LogP contribution in [0, 0.1) is 0 Å². The fourth-order valence-electron chi connectivity index (χ4n) is 1.80. The number of hydrogen-bond donors (Lipinski definition) is 1. The Morgan fingerprint density at radius 3 is 2.69 bits per heavy atom. The maximum atomic E-state index is 9.76. The maximum absolute atomic E-state index is 9.76. The first-order valence-electron chi connectivity index (χ1n) is 4.71. The van der Waals surface area contributed by atoms with Crippen LogP contribution in [0.2, 0.25) is 0 Å². The summed E-state index contributed by atoms with van der Waals surface area (Å²) in [5.74, 6) is 0. The number of ether oxygens (including phenoxy) is 2. The Morgan fingerprint density at radius 1 is 1.54 bits per heavy atom. The zero-order valence-corrected chi connectivity index (χ0v) is 8.27. The minimum atomic E-state index is -0.500. The first-order valence-corrected chi connectivity index (χ1v) is 4.71. The Labute approximate surface area is 79.3 Å². The molecule has 0 radical (unpaired) electrons. The molecule has 1 saturated heterocycles. The third-order valence-electron chi connectivity index (χ3n) is 2.51. The van der Waals surface area contributed by atoms with Crippen LogP contribution in [0.25, 0.3) is 0 Å². The van der Waals surface area contributed by atoms with Crippen molar-refractivity contribution < 1.29 is 14.6 Å². The second kappa shape index (κ2) is 4.74. The fraction of sp³-hybridized carbons (Fsp3) is 0.800. The van der Waals surface area contributed by atoms with Crippen molar-refractivity contribution in [3.05, 3.63) is 12.7 Å². The quantitative estimate of drug-likeness (QED) is 0.668. The van der Waals surface area contributed by atoms with Gasteiger partial charge in [0.05, 0.1) is 12.2 Å². The molecule has 0 bridgehead atoms. The predicted molar refractivity (Wildman–Crippen MR) is 50.6 cm³/mol. The van der Waals surface area contributed by atoms with Gasteiger partial charge in [0.2, 0.25) is 0 Å². The van der Waals surface area contributed by atoms with Crippen LogP contribution in [0.3, 0.4) is 0 Å². The van der Waals surface area contributed by atoms with Gasteiger partial charge in [-0.2, -0.15) is 0 Å². The molecule has 1 aliphatic heterocycles. The van der Waals surface area contributed by atoms with E-state index < -0.39 is 6.10 Å². The lowest BCUT2D eigenvalue weighted by Gasteiger charge is -2.17. The number of methoxy groups -OCH3 is 1. The van der Waals surface area contributed by atoms with Gasteiger partial charge in [0.15, 0.2) is 0 Å². The van der Waals surface area contributed by atoms with Crippen LogP contribution in [0.1, 0.15) is 19.8 Å². The summed E-state index contributed by atoms with van der Waals surface area (Å²) in [6.45, 7) is 5.65. The zero-order valence-electron chi connectivity index (χ0n) is 8.27. The van der Waals surface area contributed by atoms with E-state index in [0.29, 0.717) is 0 Å². The molecule has 0 aromatic rings. The average Bonchev–Trinajstić information content (AvgIpc) is 2.43. The van der Waals surface area contributed by atoms with E-state index in [-0.39, 0.29) is 18.3 Å². The molecule has 1 heterocycles. The van der Waals surface area contributed by atoms with Gasteiger partial charge in [-0.15, -0.1) is 6.58 Å². The van der Waals surface area contributed by atoms with Crippen molar-refractivity contribution in [2.45, 2.75) is 44.2 Å². The summed E-state index contributed by atoms with van der Waals surface area (Å²) < 4.78 is 10.8.